The zero-order valence-corrected chi connectivity index (χ0v) is 8.61. The van der Waals surface area contributed by atoms with E-state index in [1.807, 2.05) is 6.08 Å². The molecule has 2 N–H and O–H groups in total. The van der Waals surface area contributed by atoms with Crippen molar-refractivity contribution in [1.82, 2.24) is 4.90 Å². The Labute approximate surface area is 84.7 Å². The van der Waals surface area contributed by atoms with Crippen molar-refractivity contribution >= 4 is 5.91 Å². The van der Waals surface area contributed by atoms with Gasteiger partial charge in [0.15, 0.2) is 0 Å². The SMILES string of the molecule is COCCC(N)C(=O)N1CC=CCC1. The highest BCUT2D eigenvalue weighted by Crippen LogP contribution is 2.04. The van der Waals surface area contributed by atoms with Crippen molar-refractivity contribution in [2.24, 2.45) is 5.73 Å². The lowest BCUT2D eigenvalue weighted by atomic mass is 10.1. The van der Waals surface area contributed by atoms with Crippen molar-refractivity contribution in [1.29, 1.82) is 0 Å². The van der Waals surface area contributed by atoms with E-state index >= 15 is 0 Å². The van der Waals surface area contributed by atoms with Gasteiger partial charge in [-0.2, -0.15) is 0 Å². The average molecular weight is 198 g/mol. The summed E-state index contributed by atoms with van der Waals surface area (Å²) in [6.07, 6.45) is 5.62. The van der Waals surface area contributed by atoms with E-state index in [0.717, 1.165) is 13.0 Å². The highest BCUT2D eigenvalue weighted by Gasteiger charge is 2.20. The number of nitrogens with zero attached hydrogens (tertiary/aromatic N) is 1. The Morgan fingerprint density at radius 2 is 2.43 bits per heavy atom. The molecule has 0 aromatic heterocycles. The monoisotopic (exact) mass is 198 g/mol. The predicted molar refractivity (Wildman–Crippen MR) is 54.8 cm³/mol. The van der Waals surface area contributed by atoms with Gasteiger partial charge in [-0.3, -0.25) is 4.79 Å². The Kier molecular flexibility index (Phi) is 4.62. The van der Waals surface area contributed by atoms with E-state index in [2.05, 4.69) is 6.08 Å². The smallest absolute Gasteiger partial charge is 0.239 e. The lowest BCUT2D eigenvalue weighted by Crippen LogP contribution is -2.45. The fourth-order valence-corrected chi connectivity index (χ4v) is 1.44. The highest BCUT2D eigenvalue weighted by molar-refractivity contribution is 5.81. The molecule has 1 rings (SSSR count). The summed E-state index contributed by atoms with van der Waals surface area (Å²) in [6.45, 7) is 2.02. The molecular formula is C10H18N2O2. The molecule has 0 fully saturated rings. The van der Waals surface area contributed by atoms with E-state index < -0.39 is 6.04 Å². The maximum absolute atomic E-state index is 11.7. The van der Waals surface area contributed by atoms with Gasteiger partial charge in [-0.05, 0) is 12.8 Å². The number of carbonyl (C=O) groups excluding carboxylic acids is 1. The number of ether oxygens (including phenoxy) is 1. The third kappa shape index (κ3) is 3.12. The van der Waals surface area contributed by atoms with Gasteiger partial charge in [-0.1, -0.05) is 12.2 Å². The molecule has 1 aliphatic heterocycles. The fourth-order valence-electron chi connectivity index (χ4n) is 1.44. The molecule has 0 saturated carbocycles. The Bertz CT molecular complexity index is 216. The Balaban J connectivity index is 2.35. The zero-order valence-electron chi connectivity index (χ0n) is 8.61. The van der Waals surface area contributed by atoms with Gasteiger partial charge >= 0.3 is 0 Å². The van der Waals surface area contributed by atoms with Gasteiger partial charge in [0.25, 0.3) is 0 Å². The summed E-state index contributed by atoms with van der Waals surface area (Å²) < 4.78 is 4.89. The molecule has 4 heteroatoms. The van der Waals surface area contributed by atoms with Crippen molar-refractivity contribution < 1.29 is 9.53 Å². The minimum absolute atomic E-state index is 0.0337. The largest absolute Gasteiger partial charge is 0.385 e. The van der Waals surface area contributed by atoms with Crippen molar-refractivity contribution in [3.63, 3.8) is 0 Å². The van der Waals surface area contributed by atoms with Gasteiger partial charge < -0.3 is 15.4 Å². The van der Waals surface area contributed by atoms with Crippen molar-refractivity contribution in [2.45, 2.75) is 18.9 Å². The Morgan fingerprint density at radius 1 is 1.64 bits per heavy atom. The predicted octanol–water partition coefficient (Wildman–Crippen LogP) is 0.139. The van der Waals surface area contributed by atoms with Crippen LogP contribution in [0.3, 0.4) is 0 Å². The number of rotatable bonds is 4. The summed E-state index contributed by atoms with van der Waals surface area (Å²) in [5, 5.41) is 0. The van der Waals surface area contributed by atoms with Crippen LogP contribution >= 0.6 is 0 Å². The van der Waals surface area contributed by atoms with Crippen LogP contribution in [0.5, 0.6) is 0 Å². The molecule has 4 nitrogen and oxygen atoms in total. The van der Waals surface area contributed by atoms with Gasteiger partial charge in [-0.25, -0.2) is 0 Å². The van der Waals surface area contributed by atoms with Crippen molar-refractivity contribution in [3.8, 4) is 0 Å². The van der Waals surface area contributed by atoms with Crippen LogP contribution in [0.25, 0.3) is 0 Å². The Hall–Kier alpha value is -0.870. The molecule has 1 unspecified atom stereocenters. The Morgan fingerprint density at radius 3 is 3.00 bits per heavy atom. The van der Waals surface area contributed by atoms with Gasteiger partial charge in [0.05, 0.1) is 6.04 Å². The number of hydrogen-bond acceptors (Lipinski definition) is 3. The van der Waals surface area contributed by atoms with Gasteiger partial charge in [0.1, 0.15) is 0 Å². The van der Waals surface area contributed by atoms with Crippen LogP contribution in [0.4, 0.5) is 0 Å². The van der Waals surface area contributed by atoms with Crippen LogP contribution in [0, 0.1) is 0 Å². The summed E-state index contributed by atoms with van der Waals surface area (Å²) in [5.74, 6) is 0.0337. The number of amides is 1. The van der Waals surface area contributed by atoms with Crippen LogP contribution in [-0.4, -0.2) is 43.7 Å². The van der Waals surface area contributed by atoms with Gasteiger partial charge in [0.2, 0.25) is 5.91 Å². The third-order valence-corrected chi connectivity index (χ3v) is 2.32. The second-order valence-electron chi connectivity index (χ2n) is 3.43. The third-order valence-electron chi connectivity index (χ3n) is 2.32. The molecule has 0 saturated heterocycles. The first-order chi connectivity index (χ1) is 6.75. The molecule has 1 amide bonds. The molecule has 0 spiro atoms. The lowest BCUT2D eigenvalue weighted by molar-refractivity contribution is -0.132. The summed E-state index contributed by atoms with van der Waals surface area (Å²) in [6, 6.07) is -0.415. The second kappa shape index (κ2) is 5.78. The molecule has 0 aliphatic carbocycles. The van der Waals surface area contributed by atoms with E-state index in [9.17, 15) is 4.79 Å². The molecule has 1 atom stereocenters. The summed E-state index contributed by atoms with van der Waals surface area (Å²) in [5.41, 5.74) is 5.74. The quantitative estimate of drug-likeness (QED) is 0.654. The molecule has 14 heavy (non-hydrogen) atoms. The first kappa shape index (κ1) is 11.2. The van der Waals surface area contributed by atoms with Crippen molar-refractivity contribution in [2.75, 3.05) is 26.8 Å². The van der Waals surface area contributed by atoms with E-state index in [1.54, 1.807) is 12.0 Å². The molecule has 1 heterocycles. The molecule has 1 aliphatic rings. The number of hydrogen-bond donors (Lipinski definition) is 1. The topological polar surface area (TPSA) is 55.6 Å². The maximum atomic E-state index is 11.7. The average Bonchev–Trinajstić information content (AvgIpc) is 2.26. The maximum Gasteiger partial charge on any atom is 0.239 e. The second-order valence-corrected chi connectivity index (χ2v) is 3.43. The van der Waals surface area contributed by atoms with Crippen molar-refractivity contribution in [3.05, 3.63) is 12.2 Å². The zero-order chi connectivity index (χ0) is 10.4. The standard InChI is InChI=1S/C10H18N2O2/c1-14-8-5-9(11)10(13)12-6-3-2-4-7-12/h2-3,9H,4-8,11H2,1H3. The highest BCUT2D eigenvalue weighted by atomic mass is 16.5. The van der Waals surface area contributed by atoms with E-state index in [4.69, 9.17) is 10.5 Å². The minimum atomic E-state index is -0.415. The molecule has 0 radical (unpaired) electrons. The normalized spacial score (nSPS) is 18.3. The van der Waals surface area contributed by atoms with Crippen LogP contribution in [0.1, 0.15) is 12.8 Å². The van der Waals surface area contributed by atoms with Gasteiger partial charge in [0, 0.05) is 26.8 Å². The number of methoxy groups -OCH3 is 1. The van der Waals surface area contributed by atoms with E-state index in [-0.39, 0.29) is 5.91 Å². The first-order valence-corrected chi connectivity index (χ1v) is 4.94. The van der Waals surface area contributed by atoms with Crippen LogP contribution in [0.2, 0.25) is 0 Å². The van der Waals surface area contributed by atoms with Crippen LogP contribution < -0.4 is 5.73 Å². The molecule has 0 bridgehead atoms. The van der Waals surface area contributed by atoms with E-state index in [1.165, 1.54) is 0 Å². The minimum Gasteiger partial charge on any atom is -0.385 e. The summed E-state index contributed by atoms with van der Waals surface area (Å²) in [4.78, 5) is 13.5. The summed E-state index contributed by atoms with van der Waals surface area (Å²) >= 11 is 0. The molecule has 0 aromatic rings. The van der Waals surface area contributed by atoms with E-state index in [0.29, 0.717) is 19.6 Å². The molecule has 0 aromatic carbocycles. The number of carbonyl (C=O) groups is 1. The lowest BCUT2D eigenvalue weighted by Gasteiger charge is -2.26. The fraction of sp³-hybridized carbons (Fsp3) is 0.700. The molecule has 80 valence electrons. The number of nitrogens with two attached hydrogens (primary N) is 1. The molecular weight excluding hydrogens is 180 g/mol. The van der Waals surface area contributed by atoms with Crippen LogP contribution in [-0.2, 0) is 9.53 Å². The van der Waals surface area contributed by atoms with Gasteiger partial charge in [-0.15, -0.1) is 0 Å². The first-order valence-electron chi connectivity index (χ1n) is 4.94. The summed E-state index contributed by atoms with van der Waals surface area (Å²) in [7, 11) is 1.61. The van der Waals surface area contributed by atoms with Crippen LogP contribution in [0.15, 0.2) is 12.2 Å².